The van der Waals surface area contributed by atoms with Crippen LogP contribution < -0.4 is 0 Å². The van der Waals surface area contributed by atoms with E-state index in [2.05, 4.69) is 9.72 Å². The lowest BCUT2D eigenvalue weighted by Crippen LogP contribution is -2.05. The SMILES string of the molecule is COC(=O)Cc1ncccc1O. The lowest BCUT2D eigenvalue weighted by molar-refractivity contribution is -0.139. The monoisotopic (exact) mass is 167 g/mol. The standard InChI is InChI=1S/C8H9NO3/c1-12-8(11)5-6-7(10)3-2-4-9-6/h2-4,10H,5H2,1H3. The number of carbonyl (C=O) groups excluding carboxylic acids is 1. The zero-order valence-corrected chi connectivity index (χ0v) is 6.65. The molecule has 0 atom stereocenters. The summed E-state index contributed by atoms with van der Waals surface area (Å²) in [5, 5.41) is 9.18. The molecule has 0 unspecified atom stereocenters. The first-order valence-corrected chi connectivity index (χ1v) is 3.43. The van der Waals surface area contributed by atoms with Crippen molar-refractivity contribution in [1.82, 2.24) is 4.98 Å². The van der Waals surface area contributed by atoms with E-state index in [1.807, 2.05) is 0 Å². The molecule has 1 heterocycles. The summed E-state index contributed by atoms with van der Waals surface area (Å²) in [7, 11) is 1.29. The summed E-state index contributed by atoms with van der Waals surface area (Å²) in [4.78, 5) is 14.6. The van der Waals surface area contributed by atoms with Crippen molar-refractivity contribution in [2.75, 3.05) is 7.11 Å². The van der Waals surface area contributed by atoms with E-state index in [9.17, 15) is 9.90 Å². The fourth-order valence-corrected chi connectivity index (χ4v) is 0.775. The first-order chi connectivity index (χ1) is 5.74. The quantitative estimate of drug-likeness (QED) is 0.652. The van der Waals surface area contributed by atoms with E-state index >= 15 is 0 Å². The normalized spacial score (nSPS) is 9.42. The molecule has 64 valence electrons. The summed E-state index contributed by atoms with van der Waals surface area (Å²) in [6.45, 7) is 0. The predicted octanol–water partition coefficient (Wildman–Crippen LogP) is 0.503. The van der Waals surface area contributed by atoms with Crippen molar-refractivity contribution in [3.63, 3.8) is 0 Å². The summed E-state index contributed by atoms with van der Waals surface area (Å²) in [5.41, 5.74) is 0.337. The number of hydrogen-bond acceptors (Lipinski definition) is 4. The molecular weight excluding hydrogens is 158 g/mol. The van der Waals surface area contributed by atoms with Gasteiger partial charge >= 0.3 is 5.97 Å². The first-order valence-electron chi connectivity index (χ1n) is 3.43. The van der Waals surface area contributed by atoms with Crippen molar-refractivity contribution < 1.29 is 14.6 Å². The van der Waals surface area contributed by atoms with Gasteiger partial charge in [0.15, 0.2) is 0 Å². The number of ether oxygens (including phenoxy) is 1. The number of aromatic nitrogens is 1. The lowest BCUT2D eigenvalue weighted by Gasteiger charge is -2.00. The molecule has 0 aliphatic carbocycles. The van der Waals surface area contributed by atoms with Crippen LogP contribution >= 0.6 is 0 Å². The Hall–Kier alpha value is -1.58. The number of esters is 1. The molecule has 0 saturated heterocycles. The van der Waals surface area contributed by atoms with Crippen molar-refractivity contribution in [2.45, 2.75) is 6.42 Å². The van der Waals surface area contributed by atoms with Gasteiger partial charge < -0.3 is 9.84 Å². The molecule has 4 heteroatoms. The Morgan fingerprint density at radius 3 is 3.08 bits per heavy atom. The van der Waals surface area contributed by atoms with Crippen LogP contribution in [0.1, 0.15) is 5.69 Å². The molecule has 12 heavy (non-hydrogen) atoms. The van der Waals surface area contributed by atoms with Gasteiger partial charge in [-0.1, -0.05) is 0 Å². The van der Waals surface area contributed by atoms with Crippen LogP contribution in [0.4, 0.5) is 0 Å². The molecule has 0 spiro atoms. The van der Waals surface area contributed by atoms with Gasteiger partial charge in [-0.25, -0.2) is 0 Å². The Morgan fingerprint density at radius 1 is 1.75 bits per heavy atom. The molecule has 0 radical (unpaired) electrons. The third kappa shape index (κ3) is 1.95. The van der Waals surface area contributed by atoms with E-state index in [0.29, 0.717) is 5.69 Å². The zero-order valence-electron chi connectivity index (χ0n) is 6.65. The fraction of sp³-hybridized carbons (Fsp3) is 0.250. The molecule has 4 nitrogen and oxygen atoms in total. The van der Waals surface area contributed by atoms with Crippen LogP contribution in [0.3, 0.4) is 0 Å². The van der Waals surface area contributed by atoms with Gasteiger partial charge in [-0.15, -0.1) is 0 Å². The van der Waals surface area contributed by atoms with Gasteiger partial charge in [-0.3, -0.25) is 9.78 Å². The highest BCUT2D eigenvalue weighted by atomic mass is 16.5. The molecule has 1 aromatic rings. The van der Waals surface area contributed by atoms with Crippen LogP contribution in [0, 0.1) is 0 Å². The van der Waals surface area contributed by atoms with Crippen LogP contribution in [0.25, 0.3) is 0 Å². The summed E-state index contributed by atoms with van der Waals surface area (Å²) in [6, 6.07) is 3.07. The number of methoxy groups -OCH3 is 1. The fourth-order valence-electron chi connectivity index (χ4n) is 0.775. The number of pyridine rings is 1. The minimum Gasteiger partial charge on any atom is -0.506 e. The maximum absolute atomic E-state index is 10.8. The van der Waals surface area contributed by atoms with Gasteiger partial charge in [0.25, 0.3) is 0 Å². The molecule has 0 amide bonds. The number of hydrogen-bond donors (Lipinski definition) is 1. The van der Waals surface area contributed by atoms with Crippen molar-refractivity contribution in [3.8, 4) is 5.75 Å². The van der Waals surface area contributed by atoms with Gasteiger partial charge in [-0.05, 0) is 12.1 Å². The summed E-state index contributed by atoms with van der Waals surface area (Å²) in [5.74, 6) is -0.396. The molecule has 0 aliphatic heterocycles. The molecule has 0 aromatic carbocycles. The number of nitrogens with zero attached hydrogens (tertiary/aromatic N) is 1. The van der Waals surface area contributed by atoms with Crippen molar-refractivity contribution in [3.05, 3.63) is 24.0 Å². The van der Waals surface area contributed by atoms with E-state index in [1.165, 1.54) is 19.4 Å². The second kappa shape index (κ2) is 3.71. The highest BCUT2D eigenvalue weighted by molar-refractivity contribution is 5.72. The first kappa shape index (κ1) is 8.52. The molecule has 0 saturated carbocycles. The second-order valence-corrected chi connectivity index (χ2v) is 2.22. The third-order valence-corrected chi connectivity index (χ3v) is 1.41. The number of aromatic hydroxyl groups is 1. The molecule has 0 aliphatic rings. The summed E-state index contributed by atoms with van der Waals surface area (Å²) >= 11 is 0. The number of carbonyl (C=O) groups is 1. The van der Waals surface area contributed by atoms with Gasteiger partial charge in [0.2, 0.25) is 0 Å². The second-order valence-electron chi connectivity index (χ2n) is 2.22. The minimum absolute atomic E-state index is 0.00315. The molecule has 1 N–H and O–H groups in total. The maximum Gasteiger partial charge on any atom is 0.311 e. The highest BCUT2D eigenvalue weighted by Gasteiger charge is 2.07. The van der Waals surface area contributed by atoms with E-state index in [-0.39, 0.29) is 12.2 Å². The average Bonchev–Trinajstić information content (AvgIpc) is 2.09. The third-order valence-electron chi connectivity index (χ3n) is 1.41. The summed E-state index contributed by atoms with van der Waals surface area (Å²) in [6.07, 6.45) is 1.52. The van der Waals surface area contributed by atoms with Gasteiger partial charge in [0.1, 0.15) is 5.75 Å². The Morgan fingerprint density at radius 2 is 2.50 bits per heavy atom. The molecule has 1 rings (SSSR count). The van der Waals surface area contributed by atoms with Gasteiger partial charge in [0.05, 0.1) is 19.2 Å². The van der Waals surface area contributed by atoms with Crippen LogP contribution in [-0.2, 0) is 16.0 Å². The van der Waals surface area contributed by atoms with E-state index in [4.69, 9.17) is 0 Å². The van der Waals surface area contributed by atoms with Gasteiger partial charge in [0, 0.05) is 6.20 Å². The van der Waals surface area contributed by atoms with E-state index in [1.54, 1.807) is 6.07 Å². The molecule has 1 aromatic heterocycles. The van der Waals surface area contributed by atoms with Crippen LogP contribution in [0.2, 0.25) is 0 Å². The zero-order chi connectivity index (χ0) is 8.97. The van der Waals surface area contributed by atoms with Crippen molar-refractivity contribution in [2.24, 2.45) is 0 Å². The topological polar surface area (TPSA) is 59.4 Å². The molecule has 0 bridgehead atoms. The maximum atomic E-state index is 10.8. The smallest absolute Gasteiger partial charge is 0.311 e. The number of rotatable bonds is 2. The lowest BCUT2D eigenvalue weighted by atomic mass is 10.2. The predicted molar refractivity (Wildman–Crippen MR) is 41.6 cm³/mol. The average molecular weight is 167 g/mol. The Labute approximate surface area is 69.8 Å². The highest BCUT2D eigenvalue weighted by Crippen LogP contribution is 2.12. The summed E-state index contributed by atoms with van der Waals surface area (Å²) < 4.78 is 4.42. The van der Waals surface area contributed by atoms with Gasteiger partial charge in [-0.2, -0.15) is 0 Å². The van der Waals surface area contributed by atoms with Crippen LogP contribution in [-0.4, -0.2) is 23.2 Å². The molecule has 0 fully saturated rings. The van der Waals surface area contributed by atoms with Crippen LogP contribution in [0.15, 0.2) is 18.3 Å². The van der Waals surface area contributed by atoms with Crippen LogP contribution in [0.5, 0.6) is 5.75 Å². The molecular formula is C8H9NO3. The minimum atomic E-state index is -0.413. The Kier molecular flexibility index (Phi) is 2.63. The Balaban J connectivity index is 2.75. The Bertz CT molecular complexity index is 285. The van der Waals surface area contributed by atoms with Crippen molar-refractivity contribution >= 4 is 5.97 Å². The largest absolute Gasteiger partial charge is 0.506 e. The van der Waals surface area contributed by atoms with E-state index in [0.717, 1.165) is 0 Å². The van der Waals surface area contributed by atoms with E-state index < -0.39 is 5.97 Å². The van der Waals surface area contributed by atoms with Crippen molar-refractivity contribution in [1.29, 1.82) is 0 Å².